The Morgan fingerprint density at radius 1 is 1.29 bits per heavy atom. The maximum atomic E-state index is 12.9. The molecule has 5 nitrogen and oxygen atoms in total. The van der Waals surface area contributed by atoms with Gasteiger partial charge in [-0.15, -0.1) is 22.7 Å². The normalized spacial score (nSPS) is 21.9. The summed E-state index contributed by atoms with van der Waals surface area (Å²) in [6, 6.07) is 6.59. The van der Waals surface area contributed by atoms with Crippen molar-refractivity contribution in [3.05, 3.63) is 61.8 Å². The molecule has 0 radical (unpaired) electrons. The molecule has 5 heterocycles. The lowest BCUT2D eigenvalue weighted by Gasteiger charge is -2.32. The number of nitrogens with zero attached hydrogens (tertiary/aromatic N) is 1. The fourth-order valence-electron chi connectivity index (χ4n) is 4.60. The zero-order valence-electron chi connectivity index (χ0n) is 15.2. The average Bonchev–Trinajstić information content (AvgIpc) is 3.10. The number of quaternary nitrogens is 1. The molecule has 2 atom stereocenters. The molecule has 4 aromatic rings. The van der Waals surface area contributed by atoms with E-state index in [9.17, 15) is 4.79 Å². The molecule has 1 aliphatic heterocycles. The molecule has 0 saturated heterocycles. The fraction of sp³-hybridized carbons (Fsp3) is 0.333. The summed E-state index contributed by atoms with van der Waals surface area (Å²) < 4.78 is 5.49. The van der Waals surface area contributed by atoms with Gasteiger partial charge >= 0.3 is 0 Å². The van der Waals surface area contributed by atoms with Gasteiger partial charge in [-0.1, -0.05) is 0 Å². The lowest BCUT2D eigenvalue weighted by Crippen LogP contribution is -3.12. The average molecular weight is 411 g/mol. The number of hydrogen-bond acceptors (Lipinski definition) is 5. The second-order valence-electron chi connectivity index (χ2n) is 7.77. The number of aromatic amines is 1. The number of fused-ring (bicyclic) bond motifs is 2. The molecule has 1 fully saturated rings. The third-order valence-corrected chi connectivity index (χ3v) is 7.86. The highest BCUT2D eigenvalue weighted by molar-refractivity contribution is 7.17. The molecular weight excluding hydrogens is 390 g/mol. The van der Waals surface area contributed by atoms with Gasteiger partial charge in [0.1, 0.15) is 23.2 Å². The van der Waals surface area contributed by atoms with Crippen LogP contribution in [0.4, 0.5) is 0 Å². The van der Waals surface area contributed by atoms with Crippen molar-refractivity contribution in [2.45, 2.75) is 31.8 Å². The van der Waals surface area contributed by atoms with Crippen LogP contribution in [0.2, 0.25) is 0 Å². The molecule has 6 rings (SSSR count). The minimum atomic E-state index is -0.0664. The van der Waals surface area contributed by atoms with Crippen molar-refractivity contribution in [2.24, 2.45) is 5.92 Å². The zero-order chi connectivity index (χ0) is 18.7. The molecule has 1 aliphatic carbocycles. The number of furan rings is 1. The lowest BCUT2D eigenvalue weighted by molar-refractivity contribution is -0.950. The Morgan fingerprint density at radius 3 is 3.04 bits per heavy atom. The number of hydrogen-bond donors (Lipinski definition) is 2. The lowest BCUT2D eigenvalue weighted by atomic mass is 9.96. The highest BCUT2D eigenvalue weighted by Gasteiger charge is 2.43. The topological polar surface area (TPSA) is 63.3 Å². The minimum absolute atomic E-state index is 0.0664. The van der Waals surface area contributed by atoms with E-state index in [0.29, 0.717) is 17.2 Å². The van der Waals surface area contributed by atoms with Crippen LogP contribution in [0, 0.1) is 5.92 Å². The van der Waals surface area contributed by atoms with E-state index in [0.717, 1.165) is 41.6 Å². The minimum Gasteiger partial charge on any atom is -0.464 e. The van der Waals surface area contributed by atoms with Crippen molar-refractivity contribution in [2.75, 3.05) is 6.54 Å². The maximum absolute atomic E-state index is 12.9. The Balaban J connectivity index is 1.36. The van der Waals surface area contributed by atoms with E-state index in [4.69, 9.17) is 9.40 Å². The molecule has 0 bridgehead atoms. The van der Waals surface area contributed by atoms with Crippen LogP contribution in [0.1, 0.15) is 35.1 Å². The molecule has 2 N–H and O–H groups in total. The van der Waals surface area contributed by atoms with Crippen LogP contribution >= 0.6 is 22.7 Å². The largest absolute Gasteiger partial charge is 0.464 e. The smallest absolute Gasteiger partial charge is 0.260 e. The second kappa shape index (κ2) is 6.40. The van der Waals surface area contributed by atoms with E-state index in [2.05, 4.69) is 16.4 Å². The molecular formula is C21H20N3O2S2+. The number of H-pyrrole nitrogens is 1. The summed E-state index contributed by atoms with van der Waals surface area (Å²) in [7, 11) is 0. The number of thiophene rings is 2. The van der Waals surface area contributed by atoms with Gasteiger partial charge in [-0.05, 0) is 36.4 Å². The zero-order valence-corrected chi connectivity index (χ0v) is 16.9. The first-order valence-corrected chi connectivity index (χ1v) is 11.5. The summed E-state index contributed by atoms with van der Waals surface area (Å²) in [5, 5.41) is 4.83. The van der Waals surface area contributed by atoms with Gasteiger partial charge in [0, 0.05) is 33.7 Å². The third-order valence-electron chi connectivity index (χ3n) is 6.00. The molecule has 7 heteroatoms. The van der Waals surface area contributed by atoms with E-state index in [1.165, 1.54) is 29.7 Å². The Hall–Kier alpha value is -2.22. The van der Waals surface area contributed by atoms with Gasteiger partial charge in [-0.3, -0.25) is 4.79 Å². The van der Waals surface area contributed by atoms with Gasteiger partial charge in [0.25, 0.3) is 5.56 Å². The molecule has 0 aromatic carbocycles. The molecule has 1 unspecified atom stereocenters. The summed E-state index contributed by atoms with van der Waals surface area (Å²) in [6.07, 6.45) is 5.40. The Kier molecular flexibility index (Phi) is 3.82. The van der Waals surface area contributed by atoms with Crippen molar-refractivity contribution in [3.8, 4) is 11.3 Å². The van der Waals surface area contributed by atoms with Gasteiger partial charge in [0.2, 0.25) is 0 Å². The van der Waals surface area contributed by atoms with E-state index in [-0.39, 0.29) is 5.56 Å². The number of aromatic nitrogens is 2. The van der Waals surface area contributed by atoms with E-state index < -0.39 is 0 Å². The van der Waals surface area contributed by atoms with Crippen molar-refractivity contribution >= 4 is 32.9 Å². The predicted octanol–water partition coefficient (Wildman–Crippen LogP) is 3.40. The Morgan fingerprint density at radius 2 is 2.21 bits per heavy atom. The maximum Gasteiger partial charge on any atom is 0.260 e. The van der Waals surface area contributed by atoms with Crippen LogP contribution in [0.15, 0.2) is 44.4 Å². The predicted molar refractivity (Wildman–Crippen MR) is 111 cm³/mol. The highest BCUT2D eigenvalue weighted by Crippen LogP contribution is 2.42. The molecule has 0 spiro atoms. The summed E-state index contributed by atoms with van der Waals surface area (Å²) >= 11 is 3.41. The first-order chi connectivity index (χ1) is 13.8. The van der Waals surface area contributed by atoms with Crippen molar-refractivity contribution < 1.29 is 9.32 Å². The van der Waals surface area contributed by atoms with Gasteiger partial charge in [-0.2, -0.15) is 0 Å². The quantitative estimate of drug-likeness (QED) is 0.542. The number of nitrogens with one attached hydrogen (secondary N) is 2. The van der Waals surface area contributed by atoms with Gasteiger partial charge in [0.05, 0.1) is 18.2 Å². The first-order valence-electron chi connectivity index (χ1n) is 9.73. The summed E-state index contributed by atoms with van der Waals surface area (Å²) in [5.41, 5.74) is 2.30. The monoisotopic (exact) mass is 410 g/mol. The van der Waals surface area contributed by atoms with Crippen LogP contribution in [0.5, 0.6) is 0 Å². The Labute approximate surface area is 169 Å². The second-order valence-corrected chi connectivity index (χ2v) is 9.63. The van der Waals surface area contributed by atoms with Crippen LogP contribution in [0.3, 0.4) is 0 Å². The van der Waals surface area contributed by atoms with Gasteiger partial charge in [-0.25, -0.2) is 4.98 Å². The molecule has 2 aliphatic rings. The SMILES string of the molecule is O=c1[nH]c(C[NH+]2CCc3sccc3[C@@H]2C2CC2)nc2scc(-c3ccco3)c12. The summed E-state index contributed by atoms with van der Waals surface area (Å²) in [6.45, 7) is 1.88. The number of rotatable bonds is 4. The van der Waals surface area contributed by atoms with Crippen LogP contribution in [0.25, 0.3) is 21.5 Å². The summed E-state index contributed by atoms with van der Waals surface area (Å²) in [5.74, 6) is 2.29. The van der Waals surface area contributed by atoms with Gasteiger partial charge in [0.15, 0.2) is 5.82 Å². The molecule has 4 aromatic heterocycles. The third kappa shape index (κ3) is 2.69. The van der Waals surface area contributed by atoms with Crippen LogP contribution < -0.4 is 10.5 Å². The van der Waals surface area contributed by atoms with E-state index in [1.807, 2.05) is 28.8 Å². The summed E-state index contributed by atoms with van der Waals surface area (Å²) in [4.78, 5) is 24.6. The molecule has 142 valence electrons. The van der Waals surface area contributed by atoms with Crippen LogP contribution in [-0.2, 0) is 13.0 Å². The molecule has 28 heavy (non-hydrogen) atoms. The van der Waals surface area contributed by atoms with Crippen LogP contribution in [-0.4, -0.2) is 16.5 Å². The highest BCUT2D eigenvalue weighted by atomic mass is 32.1. The fourth-order valence-corrected chi connectivity index (χ4v) is 6.48. The van der Waals surface area contributed by atoms with E-state index >= 15 is 0 Å². The van der Waals surface area contributed by atoms with Crippen molar-refractivity contribution in [1.82, 2.24) is 9.97 Å². The van der Waals surface area contributed by atoms with Gasteiger partial charge < -0.3 is 14.3 Å². The first kappa shape index (κ1) is 16.7. The van der Waals surface area contributed by atoms with Crippen molar-refractivity contribution in [1.29, 1.82) is 0 Å². The van der Waals surface area contributed by atoms with E-state index in [1.54, 1.807) is 16.0 Å². The Bertz CT molecular complexity index is 1200. The molecule has 1 saturated carbocycles. The molecule has 0 amide bonds. The standard InChI is InChI=1S/C21H19N3O2S2/c25-20-18-14(15-2-1-8-26-15)11-28-21(18)23-17(22-20)10-24-7-5-16-13(6-9-27-16)19(24)12-3-4-12/h1-2,6,8-9,11-12,19H,3-5,7,10H2,(H,22,23,25)/p+1/t19-/m0/s1. The van der Waals surface area contributed by atoms with Crippen molar-refractivity contribution in [3.63, 3.8) is 0 Å².